The first-order chi connectivity index (χ1) is 2.00. The van der Waals surface area contributed by atoms with Crippen molar-refractivity contribution in [2.75, 3.05) is 0 Å². The summed E-state index contributed by atoms with van der Waals surface area (Å²) in [4.78, 5) is 0. The van der Waals surface area contributed by atoms with Gasteiger partial charge in [-0.3, -0.25) is 9.11 Å². The van der Waals surface area contributed by atoms with Crippen molar-refractivity contribution in [1.82, 2.24) is 0 Å². The topological polar surface area (TPSA) is 74.6 Å². The van der Waals surface area contributed by atoms with Crippen molar-refractivity contribution in [1.29, 1.82) is 0 Å². The zero-order valence-corrected chi connectivity index (χ0v) is 12.9. The molecule has 44 valence electrons. The summed E-state index contributed by atoms with van der Waals surface area (Å²) >= 11 is 0. The van der Waals surface area contributed by atoms with Crippen LogP contribution in [-0.4, -0.2) is 17.5 Å². The Hall–Kier alpha value is 2.56. The van der Waals surface area contributed by atoms with Gasteiger partial charge >= 0.3 is 61.8 Å². The van der Waals surface area contributed by atoms with Crippen LogP contribution in [0.4, 0.5) is 0 Å². The summed E-state index contributed by atoms with van der Waals surface area (Å²) < 4.78 is 31.6. The smallest absolute Gasteiger partial charge is 1.00 e. The summed E-state index contributed by atoms with van der Waals surface area (Å²) in [6.07, 6.45) is 0. The fraction of sp³-hybridized carbons (Fsp3) is 0. The third-order valence-electron chi connectivity index (χ3n) is 0. The molecule has 0 aliphatic carbocycles. The molecule has 0 saturated carbocycles. The van der Waals surface area contributed by atoms with Gasteiger partial charge in [0.25, 0.3) is 0 Å². The van der Waals surface area contributed by atoms with E-state index in [1.807, 2.05) is 0 Å². The quantitative estimate of drug-likeness (QED) is 0.261. The molecule has 0 aromatic carbocycles. The second-order valence-corrected chi connectivity index (χ2v) is 1.34. The minimum absolute atomic E-state index is 0. The van der Waals surface area contributed by atoms with E-state index in [0.29, 0.717) is 0 Å². The Balaban J connectivity index is -0.0000000133. The van der Waals surface area contributed by atoms with E-state index in [-0.39, 0.29) is 82.2 Å². The van der Waals surface area contributed by atoms with Gasteiger partial charge in [0.15, 0.2) is 0 Å². The van der Waals surface area contributed by atoms with Gasteiger partial charge in [0.1, 0.15) is 0 Å². The maximum atomic E-state index is 8.74. The zero-order chi connectivity index (χ0) is 4.50. The van der Waals surface area contributed by atoms with E-state index in [1.54, 1.807) is 0 Å². The van der Waals surface area contributed by atoms with Crippen LogP contribution in [0.2, 0.25) is 0 Å². The molecule has 8 heavy (non-hydrogen) atoms. The van der Waals surface area contributed by atoms with Gasteiger partial charge in [-0.05, 0) is 0 Å². The molecule has 0 bridgehead atoms. The molecule has 0 rings (SSSR count). The van der Waals surface area contributed by atoms with Gasteiger partial charge in [-0.2, -0.15) is 18.3 Å². The normalized spacial score (nSPS) is 7.25. The van der Waals surface area contributed by atoms with Gasteiger partial charge in [-0.15, -0.1) is 0 Å². The molecule has 4 nitrogen and oxygen atoms in total. The molecule has 0 aliphatic heterocycles. The molecule has 0 aromatic rings. The maximum absolute atomic E-state index is 8.74. The van der Waals surface area contributed by atoms with Gasteiger partial charge in [0, 0.05) is 19.5 Å². The van der Waals surface area contributed by atoms with Crippen molar-refractivity contribution in [3.8, 4) is 0 Å². The second kappa shape index (κ2) is 9.56. The van der Waals surface area contributed by atoms with Crippen molar-refractivity contribution in [3.05, 3.63) is 0 Å². The summed E-state index contributed by atoms with van der Waals surface area (Å²) in [7, 11) is -4.67. The van der Waals surface area contributed by atoms with E-state index >= 15 is 0 Å². The molecule has 0 aromatic heterocycles. The molecular formula is H6KO4PSZn. The van der Waals surface area contributed by atoms with Gasteiger partial charge < -0.3 is 1.43 Å². The predicted molar refractivity (Wildman–Crippen MR) is 26.4 cm³/mol. The molecule has 1 unspecified atom stereocenters. The molecule has 0 saturated heterocycles. The Morgan fingerprint density at radius 3 is 1.25 bits per heavy atom. The number of rotatable bonds is 0. The first kappa shape index (κ1) is 22.4. The van der Waals surface area contributed by atoms with Crippen LogP contribution in [0.25, 0.3) is 0 Å². The first-order valence-corrected chi connectivity index (χ1v) is 2.10. The van der Waals surface area contributed by atoms with Crippen molar-refractivity contribution in [2.24, 2.45) is 0 Å². The van der Waals surface area contributed by atoms with Crippen LogP contribution in [0.3, 0.4) is 0 Å². The molecular weight excluding hydrogens is 232 g/mol. The predicted octanol–water partition coefficient (Wildman–Crippen LogP) is -3.48. The number of hydrogen-bond acceptors (Lipinski definition) is 2. The van der Waals surface area contributed by atoms with Crippen molar-refractivity contribution < 1.29 is 89.8 Å². The molecule has 0 spiro atoms. The van der Waals surface area contributed by atoms with Gasteiger partial charge in [0.05, 0.1) is 0 Å². The van der Waals surface area contributed by atoms with E-state index < -0.39 is 10.4 Å². The van der Waals surface area contributed by atoms with E-state index in [9.17, 15) is 0 Å². The summed E-state index contributed by atoms with van der Waals surface area (Å²) in [6.45, 7) is 0. The van der Waals surface area contributed by atoms with Crippen LogP contribution in [0.15, 0.2) is 0 Å². The van der Waals surface area contributed by atoms with Crippen molar-refractivity contribution in [3.63, 3.8) is 0 Å². The summed E-state index contributed by atoms with van der Waals surface area (Å²) in [6, 6.07) is 0. The standard InChI is InChI=1S/K.H2O4S.H3P.Zn.H/c;1-5(2,3)4;;;/h;(H2,1,2,3,4);1H3;;/q+1;;;;-1. The molecule has 1 atom stereocenters. The van der Waals surface area contributed by atoms with Crippen LogP contribution < -0.4 is 51.4 Å². The molecule has 8 heteroatoms. The second-order valence-electron chi connectivity index (χ2n) is 0.448. The Labute approximate surface area is 108 Å². The van der Waals surface area contributed by atoms with E-state index in [0.717, 1.165) is 0 Å². The third kappa shape index (κ3) is 74.7. The van der Waals surface area contributed by atoms with E-state index in [1.165, 1.54) is 0 Å². The van der Waals surface area contributed by atoms with Crippen LogP contribution in [0.1, 0.15) is 1.43 Å². The maximum Gasteiger partial charge on any atom is 1.00 e. The molecule has 0 fully saturated rings. The minimum atomic E-state index is -4.67. The summed E-state index contributed by atoms with van der Waals surface area (Å²) in [5, 5.41) is 0. The monoisotopic (exact) mass is 236 g/mol. The van der Waals surface area contributed by atoms with Crippen LogP contribution in [-0.2, 0) is 29.9 Å². The molecule has 0 heterocycles. The van der Waals surface area contributed by atoms with Gasteiger partial charge in [-0.1, -0.05) is 0 Å². The van der Waals surface area contributed by atoms with Crippen LogP contribution in [0.5, 0.6) is 0 Å². The largest absolute Gasteiger partial charge is 1.00 e. The average Bonchev–Trinajstić information content (AvgIpc) is 0.722. The van der Waals surface area contributed by atoms with Gasteiger partial charge in [0.2, 0.25) is 0 Å². The van der Waals surface area contributed by atoms with Crippen LogP contribution >= 0.6 is 9.90 Å². The summed E-state index contributed by atoms with van der Waals surface area (Å²) in [5.41, 5.74) is 0. The molecule has 0 aliphatic rings. The fourth-order valence-corrected chi connectivity index (χ4v) is 0. The van der Waals surface area contributed by atoms with Crippen LogP contribution in [0, 0.1) is 0 Å². The van der Waals surface area contributed by atoms with Gasteiger partial charge in [-0.25, -0.2) is 0 Å². The Morgan fingerprint density at radius 2 is 1.25 bits per heavy atom. The fourth-order valence-electron chi connectivity index (χ4n) is 0. The Morgan fingerprint density at radius 1 is 1.25 bits per heavy atom. The van der Waals surface area contributed by atoms with E-state index in [2.05, 4.69) is 0 Å². The summed E-state index contributed by atoms with van der Waals surface area (Å²) in [5.74, 6) is 0. The third-order valence-corrected chi connectivity index (χ3v) is 0. The SMILES string of the molecule is O=S(=O)(O)O.P.[H-].[K+].[Zn]. The molecule has 0 amide bonds. The minimum Gasteiger partial charge on any atom is -1.00 e. The molecule has 2 N–H and O–H groups in total. The zero-order valence-electron chi connectivity index (χ0n) is 5.53. The molecule has 0 radical (unpaired) electrons. The van der Waals surface area contributed by atoms with Crippen molar-refractivity contribution >= 4 is 20.3 Å². The Kier molecular flexibility index (Phi) is 26.8. The average molecular weight is 238 g/mol. The Bertz CT molecular complexity index is 104. The van der Waals surface area contributed by atoms with Crippen molar-refractivity contribution in [2.45, 2.75) is 0 Å². The number of hydrogen-bond donors (Lipinski definition) is 2. The first-order valence-electron chi connectivity index (χ1n) is 0.698. The van der Waals surface area contributed by atoms with E-state index in [4.69, 9.17) is 17.5 Å².